The van der Waals surface area contributed by atoms with E-state index in [1.807, 2.05) is 0 Å². The molecule has 4 rings (SSSR count). The van der Waals surface area contributed by atoms with Gasteiger partial charge in [0.05, 0.1) is 11.6 Å². The van der Waals surface area contributed by atoms with Crippen LogP contribution < -0.4 is 4.90 Å². The van der Waals surface area contributed by atoms with E-state index in [4.69, 9.17) is 4.52 Å². The molecule has 0 spiro atoms. The molecule has 1 aromatic heterocycles. The third kappa shape index (κ3) is 2.96. The van der Waals surface area contributed by atoms with Crippen molar-refractivity contribution in [3.05, 3.63) is 65.6 Å². The van der Waals surface area contributed by atoms with Crippen LogP contribution in [0.1, 0.15) is 23.8 Å². The van der Waals surface area contributed by atoms with Gasteiger partial charge in [0.1, 0.15) is 11.6 Å². The summed E-state index contributed by atoms with van der Waals surface area (Å²) in [5, 5.41) is 3.90. The molecule has 1 unspecified atom stereocenters. The third-order valence-electron chi connectivity index (χ3n) is 4.41. The number of benzene rings is 2. The second kappa shape index (κ2) is 6.33. The Morgan fingerprint density at radius 2 is 1.92 bits per heavy atom. The van der Waals surface area contributed by atoms with Crippen LogP contribution in [0.2, 0.25) is 0 Å². The number of carbonyl (C=O) groups excluding carboxylic acids is 1. The zero-order valence-electron chi connectivity index (χ0n) is 13.9. The third-order valence-corrected chi connectivity index (χ3v) is 4.41. The van der Waals surface area contributed by atoms with Crippen LogP contribution in [-0.4, -0.2) is 22.6 Å². The van der Waals surface area contributed by atoms with Gasteiger partial charge in [-0.3, -0.25) is 4.79 Å². The first-order chi connectivity index (χ1) is 12.5. The van der Waals surface area contributed by atoms with Crippen LogP contribution in [0.15, 0.2) is 47.0 Å². The predicted molar refractivity (Wildman–Crippen MR) is 90.5 cm³/mol. The van der Waals surface area contributed by atoms with Gasteiger partial charge in [-0.25, -0.2) is 8.78 Å². The summed E-state index contributed by atoms with van der Waals surface area (Å²) in [6, 6.07) is 10.5. The molecule has 7 heteroatoms. The molecule has 1 atom stereocenters. The van der Waals surface area contributed by atoms with Crippen molar-refractivity contribution in [2.75, 3.05) is 11.4 Å². The fraction of sp³-hybridized carbons (Fsp3) is 0.211. The van der Waals surface area contributed by atoms with Crippen molar-refractivity contribution in [3.63, 3.8) is 0 Å². The first-order valence-electron chi connectivity index (χ1n) is 8.17. The molecule has 0 radical (unpaired) electrons. The van der Waals surface area contributed by atoms with Gasteiger partial charge in [-0.1, -0.05) is 11.2 Å². The van der Waals surface area contributed by atoms with Crippen LogP contribution in [0.3, 0.4) is 0 Å². The summed E-state index contributed by atoms with van der Waals surface area (Å²) < 4.78 is 32.5. The average Bonchev–Trinajstić information content (AvgIpc) is 3.23. The number of amides is 1. The smallest absolute Gasteiger partial charge is 0.232 e. The Morgan fingerprint density at radius 3 is 2.65 bits per heavy atom. The van der Waals surface area contributed by atoms with Crippen LogP contribution in [0, 0.1) is 18.6 Å². The summed E-state index contributed by atoms with van der Waals surface area (Å²) in [5.74, 6) is -0.657. The monoisotopic (exact) mass is 355 g/mol. The SMILES string of the molecule is Cc1ccc(N2CC(c3nc(-c4ccc(F)cc4)no3)CC2=O)c(F)c1. The van der Waals surface area contributed by atoms with Crippen molar-refractivity contribution in [3.8, 4) is 11.4 Å². The molecule has 0 bridgehead atoms. The van der Waals surface area contributed by atoms with E-state index in [-0.39, 0.29) is 36.3 Å². The van der Waals surface area contributed by atoms with Crippen LogP contribution in [0.25, 0.3) is 11.4 Å². The normalized spacial score (nSPS) is 17.1. The van der Waals surface area contributed by atoms with Gasteiger partial charge in [-0.05, 0) is 48.9 Å². The Morgan fingerprint density at radius 1 is 1.15 bits per heavy atom. The van der Waals surface area contributed by atoms with E-state index in [9.17, 15) is 13.6 Å². The minimum atomic E-state index is -0.434. The number of nitrogens with zero attached hydrogens (tertiary/aromatic N) is 3. The van der Waals surface area contributed by atoms with Gasteiger partial charge in [-0.15, -0.1) is 0 Å². The van der Waals surface area contributed by atoms with E-state index in [2.05, 4.69) is 10.1 Å². The summed E-state index contributed by atoms with van der Waals surface area (Å²) >= 11 is 0. The van der Waals surface area contributed by atoms with Crippen molar-refractivity contribution < 1.29 is 18.1 Å². The van der Waals surface area contributed by atoms with E-state index >= 15 is 0 Å². The summed E-state index contributed by atoms with van der Waals surface area (Å²) in [6.45, 7) is 2.06. The Balaban J connectivity index is 1.56. The number of aryl methyl sites for hydroxylation is 1. The van der Waals surface area contributed by atoms with E-state index in [1.165, 1.54) is 23.1 Å². The lowest BCUT2D eigenvalue weighted by atomic mass is 10.1. The number of hydrogen-bond acceptors (Lipinski definition) is 4. The van der Waals surface area contributed by atoms with Crippen molar-refractivity contribution in [1.82, 2.24) is 10.1 Å². The van der Waals surface area contributed by atoms with Gasteiger partial charge in [0.2, 0.25) is 17.6 Å². The largest absolute Gasteiger partial charge is 0.339 e. The topological polar surface area (TPSA) is 59.2 Å². The second-order valence-electron chi connectivity index (χ2n) is 6.32. The quantitative estimate of drug-likeness (QED) is 0.716. The molecule has 1 aliphatic rings. The molecular weight excluding hydrogens is 340 g/mol. The predicted octanol–water partition coefficient (Wildman–Crippen LogP) is 3.84. The van der Waals surface area contributed by atoms with Crippen molar-refractivity contribution >= 4 is 11.6 Å². The highest BCUT2D eigenvalue weighted by molar-refractivity contribution is 5.96. The van der Waals surface area contributed by atoms with Crippen LogP contribution in [0.4, 0.5) is 14.5 Å². The average molecular weight is 355 g/mol. The highest BCUT2D eigenvalue weighted by Crippen LogP contribution is 2.33. The molecule has 1 saturated heterocycles. The minimum absolute atomic E-state index is 0.165. The van der Waals surface area contributed by atoms with Crippen molar-refractivity contribution in [2.45, 2.75) is 19.3 Å². The molecule has 1 amide bonds. The molecule has 2 heterocycles. The first kappa shape index (κ1) is 16.4. The maximum atomic E-state index is 14.2. The fourth-order valence-electron chi connectivity index (χ4n) is 3.05. The van der Waals surface area contributed by atoms with E-state index < -0.39 is 5.82 Å². The summed E-state index contributed by atoms with van der Waals surface area (Å²) in [5.41, 5.74) is 1.66. The van der Waals surface area contributed by atoms with Gasteiger partial charge in [0.15, 0.2) is 0 Å². The maximum absolute atomic E-state index is 14.2. The molecule has 1 aliphatic heterocycles. The lowest BCUT2D eigenvalue weighted by Gasteiger charge is -2.17. The highest BCUT2D eigenvalue weighted by Gasteiger charge is 2.36. The molecule has 26 heavy (non-hydrogen) atoms. The van der Waals surface area contributed by atoms with Crippen LogP contribution in [-0.2, 0) is 4.79 Å². The molecule has 1 fully saturated rings. The van der Waals surface area contributed by atoms with E-state index in [1.54, 1.807) is 31.2 Å². The Kier molecular flexibility index (Phi) is 3.99. The number of anilines is 1. The van der Waals surface area contributed by atoms with Gasteiger partial charge < -0.3 is 9.42 Å². The molecular formula is C19H15F2N3O2. The second-order valence-corrected chi connectivity index (χ2v) is 6.32. The Bertz CT molecular complexity index is 969. The molecule has 5 nitrogen and oxygen atoms in total. The van der Waals surface area contributed by atoms with E-state index in [0.717, 1.165) is 5.56 Å². The number of carbonyl (C=O) groups is 1. The fourth-order valence-corrected chi connectivity index (χ4v) is 3.05. The summed E-state index contributed by atoms with van der Waals surface area (Å²) in [7, 11) is 0. The molecule has 132 valence electrons. The van der Waals surface area contributed by atoms with Crippen molar-refractivity contribution in [1.29, 1.82) is 0 Å². The lowest BCUT2D eigenvalue weighted by molar-refractivity contribution is -0.117. The van der Waals surface area contributed by atoms with Crippen molar-refractivity contribution in [2.24, 2.45) is 0 Å². The zero-order valence-corrected chi connectivity index (χ0v) is 13.9. The minimum Gasteiger partial charge on any atom is -0.339 e. The molecule has 3 aromatic rings. The van der Waals surface area contributed by atoms with Crippen LogP contribution >= 0.6 is 0 Å². The van der Waals surface area contributed by atoms with Crippen LogP contribution in [0.5, 0.6) is 0 Å². The molecule has 0 saturated carbocycles. The van der Waals surface area contributed by atoms with Gasteiger partial charge >= 0.3 is 0 Å². The standard InChI is InChI=1S/C19H15F2N3O2/c1-11-2-7-16(15(21)8-11)24-10-13(9-17(24)25)19-22-18(23-26-19)12-3-5-14(20)6-4-12/h2-8,13H,9-10H2,1H3. The van der Waals surface area contributed by atoms with Gasteiger partial charge in [-0.2, -0.15) is 4.98 Å². The molecule has 2 aromatic carbocycles. The number of aromatic nitrogens is 2. The number of rotatable bonds is 3. The lowest BCUT2D eigenvalue weighted by Crippen LogP contribution is -2.25. The Hall–Kier alpha value is -3.09. The molecule has 0 N–H and O–H groups in total. The van der Waals surface area contributed by atoms with Gasteiger partial charge in [0, 0.05) is 18.5 Å². The van der Waals surface area contributed by atoms with Gasteiger partial charge in [0.25, 0.3) is 0 Å². The molecule has 0 aliphatic carbocycles. The zero-order chi connectivity index (χ0) is 18.3. The van der Waals surface area contributed by atoms with E-state index in [0.29, 0.717) is 17.3 Å². The summed E-state index contributed by atoms with van der Waals surface area (Å²) in [6.07, 6.45) is 0.165. The first-order valence-corrected chi connectivity index (χ1v) is 8.17. The highest BCUT2D eigenvalue weighted by atomic mass is 19.1. The Labute approximate surface area is 148 Å². The summed E-state index contributed by atoms with van der Waals surface area (Å²) in [4.78, 5) is 18.1. The number of halogens is 2. The maximum Gasteiger partial charge on any atom is 0.232 e. The number of hydrogen-bond donors (Lipinski definition) is 0.